The second-order valence-electron chi connectivity index (χ2n) is 5.04. The minimum atomic E-state index is 0.0766. The van der Waals surface area contributed by atoms with Crippen molar-refractivity contribution in [3.05, 3.63) is 49.7 Å². The third-order valence-electron chi connectivity index (χ3n) is 3.38. The monoisotopic (exact) mass is 415 g/mol. The molecule has 112 valence electrons. The van der Waals surface area contributed by atoms with Gasteiger partial charge in [-0.3, -0.25) is 4.79 Å². The second-order valence-corrected chi connectivity index (χ2v) is 7.32. The van der Waals surface area contributed by atoms with Gasteiger partial charge in [-0.1, -0.05) is 6.07 Å². The molecular formula is C16H20IN2OS+. The van der Waals surface area contributed by atoms with E-state index in [-0.39, 0.29) is 5.91 Å². The molecule has 0 aliphatic heterocycles. The smallest absolute Gasteiger partial charge is 0.279 e. The summed E-state index contributed by atoms with van der Waals surface area (Å²) in [6.07, 6.45) is 0. The van der Waals surface area contributed by atoms with Crippen LogP contribution in [-0.2, 0) is 11.3 Å². The van der Waals surface area contributed by atoms with Crippen LogP contribution >= 0.6 is 33.9 Å². The molecule has 0 spiro atoms. The van der Waals surface area contributed by atoms with Crippen molar-refractivity contribution in [3.8, 4) is 0 Å². The summed E-state index contributed by atoms with van der Waals surface area (Å²) in [5.41, 5.74) is 2.01. The van der Waals surface area contributed by atoms with Crippen LogP contribution in [0.3, 0.4) is 0 Å². The molecule has 1 aromatic heterocycles. The number of anilines is 1. The lowest BCUT2D eigenvalue weighted by Crippen LogP contribution is -3.11. The van der Waals surface area contributed by atoms with Crippen molar-refractivity contribution in [2.24, 2.45) is 0 Å². The number of thiophene rings is 1. The van der Waals surface area contributed by atoms with Crippen molar-refractivity contribution >= 4 is 45.5 Å². The average molecular weight is 415 g/mol. The first-order chi connectivity index (χ1) is 10.1. The molecule has 3 nitrogen and oxygen atoms in total. The number of quaternary nitrogens is 1. The number of aryl methyl sites for hydroxylation is 1. The van der Waals surface area contributed by atoms with Gasteiger partial charge in [-0.2, -0.15) is 0 Å². The Balaban J connectivity index is 1.93. The maximum Gasteiger partial charge on any atom is 0.279 e. The van der Waals surface area contributed by atoms with Gasteiger partial charge in [0.25, 0.3) is 5.91 Å². The minimum absolute atomic E-state index is 0.0766. The fourth-order valence-corrected chi connectivity index (χ4v) is 3.58. The maximum atomic E-state index is 12.2. The lowest BCUT2D eigenvalue weighted by atomic mass is 10.2. The molecule has 0 bridgehead atoms. The van der Waals surface area contributed by atoms with Gasteiger partial charge < -0.3 is 10.2 Å². The van der Waals surface area contributed by atoms with Gasteiger partial charge in [0, 0.05) is 9.26 Å². The third kappa shape index (κ3) is 5.09. The number of carbonyl (C=O) groups excluding carboxylic acids is 1. The molecule has 21 heavy (non-hydrogen) atoms. The van der Waals surface area contributed by atoms with E-state index < -0.39 is 0 Å². The summed E-state index contributed by atoms with van der Waals surface area (Å²) in [6.45, 7) is 6.49. The molecule has 1 amide bonds. The van der Waals surface area contributed by atoms with E-state index in [0.717, 1.165) is 24.3 Å². The van der Waals surface area contributed by atoms with Crippen molar-refractivity contribution < 1.29 is 9.69 Å². The number of benzene rings is 1. The first-order valence-corrected chi connectivity index (χ1v) is 8.96. The quantitative estimate of drug-likeness (QED) is 0.700. The molecule has 1 unspecified atom stereocenters. The zero-order valence-corrected chi connectivity index (χ0v) is 15.3. The summed E-state index contributed by atoms with van der Waals surface area (Å²) in [7, 11) is 0. The van der Waals surface area contributed by atoms with E-state index in [2.05, 4.69) is 58.4 Å². The Hall–Kier alpha value is -0.920. The topological polar surface area (TPSA) is 33.5 Å². The van der Waals surface area contributed by atoms with E-state index in [9.17, 15) is 4.79 Å². The largest absolute Gasteiger partial charge is 0.323 e. The fourth-order valence-electron chi connectivity index (χ4n) is 2.16. The molecule has 1 heterocycles. The first-order valence-electron chi connectivity index (χ1n) is 7.00. The van der Waals surface area contributed by atoms with Crippen LogP contribution in [0.15, 0.2) is 35.7 Å². The summed E-state index contributed by atoms with van der Waals surface area (Å²) in [5, 5.41) is 5.10. The highest BCUT2D eigenvalue weighted by Gasteiger charge is 2.14. The van der Waals surface area contributed by atoms with Crippen LogP contribution in [0, 0.1) is 10.5 Å². The molecule has 5 heteroatoms. The van der Waals surface area contributed by atoms with E-state index >= 15 is 0 Å². The molecule has 2 rings (SSSR count). The van der Waals surface area contributed by atoms with Crippen LogP contribution in [0.2, 0.25) is 0 Å². The molecule has 0 aliphatic carbocycles. The lowest BCUT2D eigenvalue weighted by Gasteiger charge is -2.17. The third-order valence-corrected chi connectivity index (χ3v) is 4.92. The van der Waals surface area contributed by atoms with Gasteiger partial charge in [0.15, 0.2) is 6.54 Å². The number of nitrogens with one attached hydrogen (secondary N) is 2. The number of rotatable bonds is 6. The summed E-state index contributed by atoms with van der Waals surface area (Å²) >= 11 is 4.03. The Bertz CT molecular complexity index is 598. The average Bonchev–Trinajstić information content (AvgIpc) is 2.94. The van der Waals surface area contributed by atoms with Crippen LogP contribution in [0.5, 0.6) is 0 Å². The first kappa shape index (κ1) is 16.5. The van der Waals surface area contributed by atoms with E-state index in [1.165, 1.54) is 13.3 Å². The van der Waals surface area contributed by atoms with Crippen LogP contribution in [0.4, 0.5) is 5.69 Å². The summed E-state index contributed by atoms with van der Waals surface area (Å²) in [6, 6.07) is 10.2. The molecule has 0 saturated heterocycles. The zero-order chi connectivity index (χ0) is 15.2. The summed E-state index contributed by atoms with van der Waals surface area (Å²) in [5.74, 6) is 0.0766. The molecule has 0 saturated carbocycles. The normalized spacial score (nSPS) is 12.1. The SMILES string of the molecule is CC[NH+](CC(=O)Nc1ccc(I)cc1C)Cc1cccs1. The molecule has 0 fully saturated rings. The Kier molecular flexibility index (Phi) is 6.20. The van der Waals surface area contributed by atoms with Gasteiger partial charge >= 0.3 is 0 Å². The van der Waals surface area contributed by atoms with Gasteiger partial charge in [-0.25, -0.2) is 0 Å². The molecule has 2 aromatic rings. The van der Waals surface area contributed by atoms with Gasteiger partial charge in [-0.15, -0.1) is 11.3 Å². The van der Waals surface area contributed by atoms with Crippen molar-refractivity contribution in [2.45, 2.75) is 20.4 Å². The van der Waals surface area contributed by atoms with Gasteiger partial charge in [0.1, 0.15) is 6.54 Å². The second kappa shape index (κ2) is 7.91. The zero-order valence-electron chi connectivity index (χ0n) is 12.3. The highest BCUT2D eigenvalue weighted by molar-refractivity contribution is 14.1. The fraction of sp³-hybridized carbons (Fsp3) is 0.312. The van der Waals surface area contributed by atoms with Crippen molar-refractivity contribution in [2.75, 3.05) is 18.4 Å². The van der Waals surface area contributed by atoms with Gasteiger partial charge in [0.05, 0.1) is 11.4 Å². The van der Waals surface area contributed by atoms with Crippen LogP contribution in [0.1, 0.15) is 17.4 Å². The number of likely N-dealkylation sites (N-methyl/N-ethyl adjacent to an activating group) is 1. The van der Waals surface area contributed by atoms with Gasteiger partial charge in [-0.05, 0) is 71.6 Å². The highest BCUT2D eigenvalue weighted by Crippen LogP contribution is 2.17. The molecule has 0 radical (unpaired) electrons. The minimum Gasteiger partial charge on any atom is -0.323 e. The van der Waals surface area contributed by atoms with E-state index in [0.29, 0.717) is 6.54 Å². The van der Waals surface area contributed by atoms with E-state index in [1.807, 2.05) is 19.1 Å². The standard InChI is InChI=1S/C16H19IN2OS/c1-3-19(10-14-5-4-8-21-14)11-16(20)18-15-7-6-13(17)9-12(15)2/h4-9H,3,10-11H2,1-2H3,(H,18,20)/p+1. The van der Waals surface area contributed by atoms with Crippen LogP contribution in [0.25, 0.3) is 0 Å². The molecule has 1 atom stereocenters. The summed E-state index contributed by atoms with van der Waals surface area (Å²) in [4.78, 5) is 14.8. The van der Waals surface area contributed by atoms with Crippen LogP contribution < -0.4 is 10.2 Å². The van der Waals surface area contributed by atoms with Crippen molar-refractivity contribution in [1.29, 1.82) is 0 Å². The maximum absolute atomic E-state index is 12.2. The number of amides is 1. The predicted molar refractivity (Wildman–Crippen MR) is 96.9 cm³/mol. The van der Waals surface area contributed by atoms with Crippen LogP contribution in [-0.4, -0.2) is 19.0 Å². The molecule has 0 aliphatic rings. The molecule has 2 N–H and O–H groups in total. The summed E-state index contributed by atoms with van der Waals surface area (Å²) < 4.78 is 1.18. The Labute approximate surface area is 143 Å². The number of hydrogen-bond acceptors (Lipinski definition) is 2. The van der Waals surface area contributed by atoms with Crippen molar-refractivity contribution in [3.63, 3.8) is 0 Å². The predicted octanol–water partition coefficient (Wildman–Crippen LogP) is 2.70. The van der Waals surface area contributed by atoms with Crippen molar-refractivity contribution in [1.82, 2.24) is 0 Å². The number of carbonyl (C=O) groups is 1. The van der Waals surface area contributed by atoms with E-state index in [1.54, 1.807) is 11.3 Å². The van der Waals surface area contributed by atoms with Gasteiger partial charge in [0.2, 0.25) is 0 Å². The Morgan fingerprint density at radius 2 is 2.19 bits per heavy atom. The number of hydrogen-bond donors (Lipinski definition) is 2. The Morgan fingerprint density at radius 3 is 2.81 bits per heavy atom. The molecule has 1 aromatic carbocycles. The lowest BCUT2D eigenvalue weighted by molar-refractivity contribution is -0.903. The van der Waals surface area contributed by atoms with E-state index in [4.69, 9.17) is 0 Å². The highest BCUT2D eigenvalue weighted by atomic mass is 127. The number of halogens is 1. The Morgan fingerprint density at radius 1 is 1.38 bits per heavy atom. The molecular weight excluding hydrogens is 395 g/mol.